The van der Waals surface area contributed by atoms with Gasteiger partial charge in [0.05, 0.1) is 24.8 Å². The topological polar surface area (TPSA) is 59.4 Å². The molecule has 0 aliphatic rings. The van der Waals surface area contributed by atoms with E-state index in [1.54, 1.807) is 22.6 Å². The number of nitrogens with zero attached hydrogens (tertiary/aromatic N) is 1. The van der Waals surface area contributed by atoms with Crippen molar-refractivity contribution in [2.75, 3.05) is 7.11 Å². The van der Waals surface area contributed by atoms with E-state index < -0.39 is 12.4 Å². The Morgan fingerprint density at radius 3 is 2.75 bits per heavy atom. The molecule has 0 radical (unpaired) electrons. The number of rotatable bonds is 4. The fourth-order valence-electron chi connectivity index (χ4n) is 1.15. The van der Waals surface area contributed by atoms with Crippen LogP contribution in [0.1, 0.15) is 17.7 Å². The van der Waals surface area contributed by atoms with E-state index in [0.717, 1.165) is 0 Å². The third kappa shape index (κ3) is 3.00. The number of aliphatic carboxylic acids is 1. The molecule has 0 fully saturated rings. The molecule has 0 bridgehead atoms. The van der Waals surface area contributed by atoms with Crippen LogP contribution in [0, 0.1) is 3.57 Å². The molecule has 0 spiro atoms. The molecular weight excluding hydrogens is 335 g/mol. The maximum Gasteiger partial charge on any atom is 0.309 e. The van der Waals surface area contributed by atoms with Gasteiger partial charge in [0.15, 0.2) is 0 Å². The molecule has 0 saturated heterocycles. The van der Waals surface area contributed by atoms with E-state index in [4.69, 9.17) is 9.84 Å². The summed E-state index contributed by atoms with van der Waals surface area (Å²) in [7, 11) is 1.22. The molecule has 1 N–H and O–H groups in total. The van der Waals surface area contributed by atoms with Gasteiger partial charge in [-0.2, -0.15) is 0 Å². The Bertz CT molecular complexity index is 412. The number of ether oxygens (including phenoxy) is 1. The molecule has 1 heterocycles. The van der Waals surface area contributed by atoms with Gasteiger partial charge in [0, 0.05) is 3.57 Å². The Balaban J connectivity index is 3.20. The largest absolute Gasteiger partial charge is 0.481 e. The smallest absolute Gasteiger partial charge is 0.309 e. The van der Waals surface area contributed by atoms with Crippen LogP contribution in [0.25, 0.3) is 0 Å². The Morgan fingerprint density at radius 2 is 2.31 bits per heavy atom. The van der Waals surface area contributed by atoms with Gasteiger partial charge in [-0.15, -0.1) is 0 Å². The van der Waals surface area contributed by atoms with Crippen molar-refractivity contribution in [2.45, 2.75) is 12.8 Å². The molecule has 1 rings (SSSR count). The Hall–Kier alpha value is -0.990. The van der Waals surface area contributed by atoms with Gasteiger partial charge in [0.25, 0.3) is 6.43 Å². The number of carboxylic acids is 1. The highest BCUT2D eigenvalue weighted by Gasteiger charge is 2.20. The summed E-state index contributed by atoms with van der Waals surface area (Å²) in [4.78, 5) is 14.2. The van der Waals surface area contributed by atoms with Crippen LogP contribution >= 0.6 is 22.6 Å². The summed E-state index contributed by atoms with van der Waals surface area (Å²) in [6.07, 6.45) is -3.02. The van der Waals surface area contributed by atoms with Crippen molar-refractivity contribution in [3.63, 3.8) is 0 Å². The second-order valence-electron chi connectivity index (χ2n) is 2.89. The second-order valence-corrected chi connectivity index (χ2v) is 4.05. The van der Waals surface area contributed by atoms with Gasteiger partial charge in [0.2, 0.25) is 5.88 Å². The zero-order valence-electron chi connectivity index (χ0n) is 8.21. The maximum atomic E-state index is 12.6. The third-order valence-corrected chi connectivity index (χ3v) is 2.66. The minimum Gasteiger partial charge on any atom is -0.481 e. The van der Waals surface area contributed by atoms with E-state index in [2.05, 4.69) is 4.98 Å². The number of pyridine rings is 1. The van der Waals surface area contributed by atoms with Crippen LogP contribution in [0.4, 0.5) is 8.78 Å². The number of methoxy groups -OCH3 is 1. The minimum atomic E-state index is -2.70. The summed E-state index contributed by atoms with van der Waals surface area (Å²) in [5.74, 6) is -1.30. The molecule has 0 aliphatic heterocycles. The van der Waals surface area contributed by atoms with Crippen LogP contribution in [0.15, 0.2) is 6.07 Å². The molecular formula is C9H8F2INO3. The monoisotopic (exact) mass is 343 g/mol. The molecule has 0 aliphatic carbocycles. The van der Waals surface area contributed by atoms with E-state index in [1.165, 1.54) is 13.2 Å². The fraction of sp³-hybridized carbons (Fsp3) is 0.333. The normalized spacial score (nSPS) is 10.6. The minimum absolute atomic E-state index is 0.193. The Labute approximate surface area is 104 Å². The lowest BCUT2D eigenvalue weighted by Gasteiger charge is -2.10. The van der Waals surface area contributed by atoms with E-state index >= 15 is 0 Å². The molecule has 0 atom stereocenters. The number of hydrogen-bond acceptors (Lipinski definition) is 3. The van der Waals surface area contributed by atoms with Crippen molar-refractivity contribution in [3.8, 4) is 5.88 Å². The molecule has 16 heavy (non-hydrogen) atoms. The SMILES string of the molecule is COc1nc(CC(=O)O)cc(I)c1C(F)F. The molecule has 7 heteroatoms. The first-order valence-corrected chi connectivity index (χ1v) is 5.26. The van der Waals surface area contributed by atoms with Crippen molar-refractivity contribution in [1.82, 2.24) is 4.98 Å². The van der Waals surface area contributed by atoms with Crippen LogP contribution in [0.2, 0.25) is 0 Å². The number of halogens is 3. The number of carboxylic acid groups (broad SMARTS) is 1. The lowest BCUT2D eigenvalue weighted by Crippen LogP contribution is -2.07. The van der Waals surface area contributed by atoms with E-state index in [9.17, 15) is 13.6 Å². The summed E-state index contributed by atoms with van der Waals surface area (Å²) >= 11 is 1.70. The predicted molar refractivity (Wildman–Crippen MR) is 59.8 cm³/mol. The maximum absolute atomic E-state index is 12.6. The van der Waals surface area contributed by atoms with Crippen LogP contribution in [0.5, 0.6) is 5.88 Å². The fourth-order valence-corrected chi connectivity index (χ4v) is 1.97. The lowest BCUT2D eigenvalue weighted by atomic mass is 10.2. The van der Waals surface area contributed by atoms with Gasteiger partial charge in [-0.05, 0) is 28.7 Å². The predicted octanol–water partition coefficient (Wildman–Crippen LogP) is 2.26. The summed E-state index contributed by atoms with van der Waals surface area (Å²) in [5.41, 5.74) is -0.115. The molecule has 0 amide bonds. The van der Waals surface area contributed by atoms with Crippen molar-refractivity contribution >= 4 is 28.6 Å². The number of hydrogen-bond donors (Lipinski definition) is 1. The van der Waals surface area contributed by atoms with Gasteiger partial charge in [-0.1, -0.05) is 0 Å². The molecule has 1 aromatic heterocycles. The molecule has 0 aromatic carbocycles. The average Bonchev–Trinajstić information content (AvgIpc) is 2.14. The molecule has 0 saturated carbocycles. The molecule has 1 aromatic rings. The van der Waals surface area contributed by atoms with Gasteiger partial charge in [0.1, 0.15) is 0 Å². The summed E-state index contributed by atoms with van der Waals surface area (Å²) in [6, 6.07) is 1.32. The summed E-state index contributed by atoms with van der Waals surface area (Å²) < 4.78 is 30.2. The van der Waals surface area contributed by atoms with Crippen LogP contribution in [0.3, 0.4) is 0 Å². The van der Waals surface area contributed by atoms with Crippen molar-refractivity contribution in [2.24, 2.45) is 0 Å². The van der Waals surface area contributed by atoms with Crippen LogP contribution < -0.4 is 4.74 Å². The van der Waals surface area contributed by atoms with Crippen LogP contribution in [-0.2, 0) is 11.2 Å². The van der Waals surface area contributed by atoms with Crippen molar-refractivity contribution in [1.29, 1.82) is 0 Å². The molecule has 4 nitrogen and oxygen atoms in total. The lowest BCUT2D eigenvalue weighted by molar-refractivity contribution is -0.136. The van der Waals surface area contributed by atoms with Crippen molar-refractivity contribution < 1.29 is 23.4 Å². The summed E-state index contributed by atoms with van der Waals surface area (Å²) in [6.45, 7) is 0. The Morgan fingerprint density at radius 1 is 1.69 bits per heavy atom. The van der Waals surface area contributed by atoms with Crippen LogP contribution in [-0.4, -0.2) is 23.2 Å². The van der Waals surface area contributed by atoms with E-state index in [1.807, 2.05) is 0 Å². The highest BCUT2D eigenvalue weighted by Crippen LogP contribution is 2.32. The third-order valence-electron chi connectivity index (χ3n) is 1.77. The quantitative estimate of drug-likeness (QED) is 0.852. The zero-order chi connectivity index (χ0) is 12.3. The van der Waals surface area contributed by atoms with Gasteiger partial charge >= 0.3 is 5.97 Å². The molecule has 88 valence electrons. The summed E-state index contributed by atoms with van der Waals surface area (Å²) in [5, 5.41) is 8.57. The van der Waals surface area contributed by atoms with Crippen molar-refractivity contribution in [3.05, 3.63) is 20.9 Å². The second kappa shape index (κ2) is 5.37. The van der Waals surface area contributed by atoms with E-state index in [-0.39, 0.29) is 27.1 Å². The first-order chi connectivity index (χ1) is 7.45. The van der Waals surface area contributed by atoms with E-state index in [0.29, 0.717) is 0 Å². The average molecular weight is 343 g/mol. The highest BCUT2D eigenvalue weighted by atomic mass is 127. The number of aromatic nitrogens is 1. The van der Waals surface area contributed by atoms with Gasteiger partial charge in [-0.25, -0.2) is 13.8 Å². The zero-order valence-corrected chi connectivity index (χ0v) is 10.4. The first kappa shape index (κ1) is 13.1. The number of carbonyl (C=O) groups is 1. The van der Waals surface area contributed by atoms with Gasteiger partial charge < -0.3 is 9.84 Å². The number of alkyl halides is 2. The highest BCUT2D eigenvalue weighted by molar-refractivity contribution is 14.1. The first-order valence-electron chi connectivity index (χ1n) is 4.19. The standard InChI is InChI=1S/C9H8F2INO3/c1-16-9-7(8(10)11)5(12)2-4(13-9)3-6(14)15/h2,8H,3H2,1H3,(H,14,15). The Kier molecular flexibility index (Phi) is 4.39. The van der Waals surface area contributed by atoms with Gasteiger partial charge in [-0.3, -0.25) is 4.79 Å². The molecule has 0 unspecified atom stereocenters.